The van der Waals surface area contributed by atoms with Crippen molar-refractivity contribution in [2.75, 3.05) is 13.1 Å². The average molecular weight is 226 g/mol. The van der Waals surface area contributed by atoms with E-state index in [2.05, 4.69) is 25.7 Å². The van der Waals surface area contributed by atoms with Crippen molar-refractivity contribution in [3.63, 3.8) is 0 Å². The predicted octanol–water partition coefficient (Wildman–Crippen LogP) is 1.43. The van der Waals surface area contributed by atoms with Gasteiger partial charge in [-0.15, -0.1) is 0 Å². The summed E-state index contributed by atoms with van der Waals surface area (Å²) >= 11 is 0. The fraction of sp³-hybridized carbons (Fsp3) is 1.00. The number of rotatable bonds is 1. The van der Waals surface area contributed by atoms with Gasteiger partial charge >= 0.3 is 0 Å². The first-order valence-corrected chi connectivity index (χ1v) is 6.77. The van der Waals surface area contributed by atoms with Crippen molar-refractivity contribution in [3.05, 3.63) is 0 Å². The SMILES string of the molecule is CC(C)(C)N1CCC(S(=O)(=O)Cl)C1. The van der Waals surface area contributed by atoms with Gasteiger partial charge in [-0.3, -0.25) is 4.90 Å². The highest BCUT2D eigenvalue weighted by molar-refractivity contribution is 8.14. The minimum Gasteiger partial charge on any atom is -0.297 e. The zero-order chi connectivity index (χ0) is 10.3. The summed E-state index contributed by atoms with van der Waals surface area (Å²) in [6.45, 7) is 7.62. The molecule has 0 amide bonds. The second kappa shape index (κ2) is 3.41. The third-order valence-electron chi connectivity index (χ3n) is 2.49. The minimum atomic E-state index is -3.37. The van der Waals surface area contributed by atoms with Crippen molar-refractivity contribution < 1.29 is 8.42 Å². The lowest BCUT2D eigenvalue weighted by Crippen LogP contribution is -2.40. The van der Waals surface area contributed by atoms with Crippen molar-refractivity contribution in [2.45, 2.75) is 38.0 Å². The number of hydrogen-bond donors (Lipinski definition) is 0. The third-order valence-corrected chi connectivity index (χ3v) is 4.43. The molecule has 0 bridgehead atoms. The van der Waals surface area contributed by atoms with Gasteiger partial charge in [0, 0.05) is 29.3 Å². The maximum atomic E-state index is 11.0. The van der Waals surface area contributed by atoms with Gasteiger partial charge in [-0.2, -0.15) is 0 Å². The lowest BCUT2D eigenvalue weighted by atomic mass is 10.1. The molecule has 1 rings (SSSR count). The molecule has 0 radical (unpaired) electrons. The lowest BCUT2D eigenvalue weighted by Gasteiger charge is -2.31. The van der Waals surface area contributed by atoms with E-state index in [1.807, 2.05) is 0 Å². The number of halogens is 1. The first-order valence-electron chi connectivity index (χ1n) is 4.40. The van der Waals surface area contributed by atoms with Crippen LogP contribution in [-0.2, 0) is 9.05 Å². The molecule has 1 fully saturated rings. The molecular formula is C8H16ClNO2S. The maximum Gasteiger partial charge on any atom is 0.236 e. The number of likely N-dealkylation sites (tertiary alicyclic amines) is 1. The van der Waals surface area contributed by atoms with Crippen LogP contribution < -0.4 is 0 Å². The van der Waals surface area contributed by atoms with Crippen LogP contribution in [0.5, 0.6) is 0 Å². The molecule has 0 aromatic rings. The van der Waals surface area contributed by atoms with E-state index < -0.39 is 9.05 Å². The summed E-state index contributed by atoms with van der Waals surface area (Å²) in [5, 5.41) is -0.381. The van der Waals surface area contributed by atoms with Crippen molar-refractivity contribution in [2.24, 2.45) is 0 Å². The Kier molecular flexibility index (Phi) is 2.95. The summed E-state index contributed by atoms with van der Waals surface area (Å²) in [7, 11) is 1.94. The van der Waals surface area contributed by atoms with E-state index in [1.54, 1.807) is 0 Å². The molecule has 13 heavy (non-hydrogen) atoms. The monoisotopic (exact) mass is 225 g/mol. The molecule has 0 aliphatic carbocycles. The van der Waals surface area contributed by atoms with Gasteiger partial charge in [0.05, 0.1) is 5.25 Å². The molecule has 1 aliphatic rings. The normalized spacial score (nSPS) is 26.6. The van der Waals surface area contributed by atoms with Crippen LogP contribution in [0.4, 0.5) is 0 Å². The largest absolute Gasteiger partial charge is 0.297 e. The zero-order valence-corrected chi connectivity index (χ0v) is 9.82. The molecule has 3 nitrogen and oxygen atoms in total. The molecule has 0 N–H and O–H groups in total. The summed E-state index contributed by atoms with van der Waals surface area (Å²) in [5.41, 5.74) is 0.0380. The minimum absolute atomic E-state index is 0.0380. The van der Waals surface area contributed by atoms with Gasteiger partial charge in [0.25, 0.3) is 0 Å². The summed E-state index contributed by atoms with van der Waals surface area (Å²) < 4.78 is 22.1. The molecule has 78 valence electrons. The van der Waals surface area contributed by atoms with Crippen LogP contribution >= 0.6 is 10.7 Å². The quantitative estimate of drug-likeness (QED) is 0.634. The topological polar surface area (TPSA) is 37.4 Å². The Morgan fingerprint density at radius 1 is 1.38 bits per heavy atom. The van der Waals surface area contributed by atoms with E-state index in [1.165, 1.54) is 0 Å². The molecule has 0 aromatic carbocycles. The fourth-order valence-electron chi connectivity index (χ4n) is 1.57. The molecule has 1 heterocycles. The Morgan fingerprint density at radius 3 is 2.15 bits per heavy atom. The van der Waals surface area contributed by atoms with E-state index in [0.717, 1.165) is 6.54 Å². The highest BCUT2D eigenvalue weighted by Gasteiger charge is 2.36. The van der Waals surface area contributed by atoms with Crippen LogP contribution in [-0.4, -0.2) is 37.2 Å². The standard InChI is InChI=1S/C8H16ClNO2S/c1-8(2,3)10-5-4-7(6-10)13(9,11)12/h7H,4-6H2,1-3H3. The molecule has 0 spiro atoms. The molecule has 5 heteroatoms. The van der Waals surface area contributed by atoms with Crippen LogP contribution in [0.2, 0.25) is 0 Å². The Morgan fingerprint density at radius 2 is 1.92 bits per heavy atom. The van der Waals surface area contributed by atoms with Crippen molar-refractivity contribution in [3.8, 4) is 0 Å². The third kappa shape index (κ3) is 2.82. The number of hydrogen-bond acceptors (Lipinski definition) is 3. The molecule has 1 aliphatic heterocycles. The van der Waals surface area contributed by atoms with Gasteiger partial charge in [0.15, 0.2) is 0 Å². The highest BCUT2D eigenvalue weighted by atomic mass is 35.7. The van der Waals surface area contributed by atoms with Gasteiger partial charge in [0.1, 0.15) is 0 Å². The first-order chi connectivity index (χ1) is 5.71. The fourth-order valence-corrected chi connectivity index (χ4v) is 2.75. The zero-order valence-electron chi connectivity index (χ0n) is 8.25. The van der Waals surface area contributed by atoms with E-state index >= 15 is 0 Å². The van der Waals surface area contributed by atoms with Crippen LogP contribution in [0.15, 0.2) is 0 Å². The van der Waals surface area contributed by atoms with E-state index in [-0.39, 0.29) is 10.8 Å². The van der Waals surface area contributed by atoms with Crippen LogP contribution in [0, 0.1) is 0 Å². The van der Waals surface area contributed by atoms with Gasteiger partial charge in [-0.1, -0.05) is 0 Å². The van der Waals surface area contributed by atoms with E-state index in [4.69, 9.17) is 10.7 Å². The van der Waals surface area contributed by atoms with Crippen molar-refractivity contribution >= 4 is 19.7 Å². The van der Waals surface area contributed by atoms with Crippen LogP contribution in [0.25, 0.3) is 0 Å². The molecule has 1 unspecified atom stereocenters. The Labute approximate surface area is 84.5 Å². The van der Waals surface area contributed by atoms with Crippen LogP contribution in [0.3, 0.4) is 0 Å². The van der Waals surface area contributed by atoms with Crippen LogP contribution in [0.1, 0.15) is 27.2 Å². The highest BCUT2D eigenvalue weighted by Crippen LogP contribution is 2.25. The Balaban J connectivity index is 2.66. The predicted molar refractivity (Wildman–Crippen MR) is 54.5 cm³/mol. The summed E-state index contributed by atoms with van der Waals surface area (Å²) in [4.78, 5) is 2.15. The van der Waals surface area contributed by atoms with Gasteiger partial charge in [-0.05, 0) is 27.2 Å². The summed E-state index contributed by atoms with van der Waals surface area (Å²) in [5.74, 6) is 0. The maximum absolute atomic E-state index is 11.0. The Hall–Kier alpha value is 0.200. The molecule has 0 aromatic heterocycles. The summed E-state index contributed by atoms with van der Waals surface area (Å²) in [6, 6.07) is 0. The van der Waals surface area contributed by atoms with E-state index in [0.29, 0.717) is 13.0 Å². The molecular weight excluding hydrogens is 210 g/mol. The first kappa shape index (κ1) is 11.3. The summed E-state index contributed by atoms with van der Waals surface area (Å²) in [6.07, 6.45) is 0.656. The van der Waals surface area contributed by atoms with Gasteiger partial charge < -0.3 is 0 Å². The smallest absolute Gasteiger partial charge is 0.236 e. The molecule has 1 atom stereocenters. The van der Waals surface area contributed by atoms with Crippen molar-refractivity contribution in [1.29, 1.82) is 0 Å². The lowest BCUT2D eigenvalue weighted by molar-refractivity contribution is 0.175. The second-order valence-corrected chi connectivity index (χ2v) is 7.41. The number of nitrogens with zero attached hydrogens (tertiary/aromatic N) is 1. The van der Waals surface area contributed by atoms with Crippen molar-refractivity contribution in [1.82, 2.24) is 4.90 Å². The van der Waals surface area contributed by atoms with E-state index in [9.17, 15) is 8.42 Å². The molecule has 0 saturated carbocycles. The Bertz CT molecular complexity index is 281. The van der Waals surface area contributed by atoms with Gasteiger partial charge in [0.2, 0.25) is 9.05 Å². The second-order valence-electron chi connectivity index (χ2n) is 4.50. The molecule has 1 saturated heterocycles. The average Bonchev–Trinajstić information content (AvgIpc) is 2.28. The van der Waals surface area contributed by atoms with Gasteiger partial charge in [-0.25, -0.2) is 8.42 Å².